The minimum atomic E-state index is 0.0930. The monoisotopic (exact) mass is 342 g/mol. The Balaban J connectivity index is 1.80. The molecule has 0 aliphatic carbocycles. The van der Waals surface area contributed by atoms with Crippen molar-refractivity contribution in [3.63, 3.8) is 0 Å². The first-order chi connectivity index (χ1) is 11.3. The summed E-state index contributed by atoms with van der Waals surface area (Å²) in [6.07, 6.45) is 0. The quantitative estimate of drug-likeness (QED) is 0.332. The Kier molecular flexibility index (Phi) is 6.78. The van der Waals surface area contributed by atoms with Gasteiger partial charge in [-0.25, -0.2) is 0 Å². The van der Waals surface area contributed by atoms with E-state index in [1.165, 1.54) is 0 Å². The number of nitrogens with zero attached hydrogens (tertiary/aromatic N) is 2. The Morgan fingerprint density at radius 1 is 0.739 bits per heavy atom. The van der Waals surface area contributed by atoms with Gasteiger partial charge in [0.05, 0.1) is 21.7 Å². The summed E-state index contributed by atoms with van der Waals surface area (Å²) in [7, 11) is 0.0930. The predicted octanol–water partition coefficient (Wildman–Crippen LogP) is 3.27. The van der Waals surface area contributed by atoms with E-state index < -0.39 is 0 Å². The fourth-order valence-electron chi connectivity index (χ4n) is 1.59. The smallest absolute Gasteiger partial charge is 0.529 e. The molecule has 0 fully saturated rings. The molecule has 0 saturated carbocycles. The van der Waals surface area contributed by atoms with Crippen LogP contribution in [0.1, 0.15) is 0 Å². The minimum absolute atomic E-state index is 0.0930. The molecule has 9 heteroatoms. The van der Waals surface area contributed by atoms with Gasteiger partial charge >= 0.3 is 7.69 Å². The molecule has 0 aromatic heterocycles. The highest BCUT2D eigenvalue weighted by Crippen LogP contribution is 2.17. The average Bonchev–Trinajstić information content (AvgIpc) is 2.60. The molecule has 0 radical (unpaired) electrons. The number of isothiocyanates is 2. The number of hydrogen-bond donors (Lipinski definition) is 2. The van der Waals surface area contributed by atoms with Crippen molar-refractivity contribution in [2.45, 2.75) is 0 Å². The van der Waals surface area contributed by atoms with E-state index in [2.05, 4.69) is 55.8 Å². The third-order valence-corrected chi connectivity index (χ3v) is 2.80. The topological polar surface area (TPSA) is 67.2 Å². The van der Waals surface area contributed by atoms with E-state index >= 15 is 0 Å². The molecule has 2 rings (SSSR count). The van der Waals surface area contributed by atoms with Crippen LogP contribution in [0.15, 0.2) is 58.7 Å². The zero-order chi connectivity index (χ0) is 16.3. The lowest BCUT2D eigenvalue weighted by atomic mass is 10.2. The summed E-state index contributed by atoms with van der Waals surface area (Å²) in [5.41, 5.74) is 7.02. The Hall–Kier alpha value is -2.70. The molecule has 2 aromatic rings. The molecule has 0 bridgehead atoms. The van der Waals surface area contributed by atoms with Crippen LogP contribution in [0.25, 0.3) is 0 Å². The Morgan fingerprint density at radius 2 is 1.13 bits per heavy atom. The molecule has 0 amide bonds. The van der Waals surface area contributed by atoms with Crippen molar-refractivity contribution in [1.82, 2.24) is 0 Å². The van der Waals surface area contributed by atoms with Gasteiger partial charge in [-0.15, -0.1) is 10.2 Å². The van der Waals surface area contributed by atoms with Crippen LogP contribution < -0.4 is 20.2 Å². The number of nitrogens with one attached hydrogen (secondary N) is 2. The fourth-order valence-corrected chi connectivity index (χ4v) is 1.68. The molecule has 0 saturated heterocycles. The van der Waals surface area contributed by atoms with E-state index in [0.717, 1.165) is 11.4 Å². The molecule has 0 atom stereocenters. The first-order valence-corrected chi connectivity index (χ1v) is 7.25. The highest BCUT2D eigenvalue weighted by molar-refractivity contribution is 7.78. The van der Waals surface area contributed by atoms with Crippen molar-refractivity contribution >= 4 is 53.8 Å². The summed E-state index contributed by atoms with van der Waals surface area (Å²) in [4.78, 5) is 0. The van der Waals surface area contributed by atoms with Crippen molar-refractivity contribution in [3.05, 3.63) is 48.5 Å². The zero-order valence-corrected chi connectivity index (χ0v) is 13.5. The Bertz CT molecular complexity index is 664. The van der Waals surface area contributed by atoms with Crippen molar-refractivity contribution in [2.24, 2.45) is 10.2 Å². The second-order valence-corrected chi connectivity index (χ2v) is 4.45. The van der Waals surface area contributed by atoms with Crippen LogP contribution in [-0.4, -0.2) is 18.0 Å². The van der Waals surface area contributed by atoms with Gasteiger partial charge < -0.3 is 9.31 Å². The van der Waals surface area contributed by atoms with E-state index in [0.29, 0.717) is 11.5 Å². The first-order valence-electron chi connectivity index (χ1n) is 6.43. The van der Waals surface area contributed by atoms with Gasteiger partial charge in [0, 0.05) is 0 Å². The van der Waals surface area contributed by atoms with Gasteiger partial charge in [0.25, 0.3) is 0 Å². The molecule has 0 aliphatic heterocycles. The van der Waals surface area contributed by atoms with Crippen LogP contribution in [0.5, 0.6) is 11.5 Å². The van der Waals surface area contributed by atoms with Gasteiger partial charge in [0.15, 0.2) is 0 Å². The van der Waals surface area contributed by atoms with Crippen LogP contribution in [0.4, 0.5) is 11.4 Å². The van der Waals surface area contributed by atoms with E-state index in [1.54, 1.807) is 24.3 Å². The number of anilines is 2. The van der Waals surface area contributed by atoms with Crippen molar-refractivity contribution < 1.29 is 9.31 Å². The van der Waals surface area contributed by atoms with E-state index in [4.69, 9.17) is 9.31 Å². The van der Waals surface area contributed by atoms with Gasteiger partial charge in [-0.1, -0.05) is 0 Å². The summed E-state index contributed by atoms with van der Waals surface area (Å²) in [6, 6.07) is 14.4. The molecule has 0 spiro atoms. The standard InChI is InChI=1S/C14H11BN4O2S2/c22-9-16-18-11-1-5-13(6-2-11)20-15-21-14-7-3-12(4-8-14)19-17-10-23/h1-8,15,18-19H. The summed E-state index contributed by atoms with van der Waals surface area (Å²) in [5, 5.41) is 11.7. The van der Waals surface area contributed by atoms with Gasteiger partial charge in [-0.2, -0.15) is 0 Å². The van der Waals surface area contributed by atoms with Gasteiger partial charge in [-0.3, -0.25) is 10.9 Å². The SMILES string of the molecule is S=C=NNc1ccc(OBOc2ccc(NN=C=S)cc2)cc1. The largest absolute Gasteiger partial charge is 0.576 e. The van der Waals surface area contributed by atoms with Crippen LogP contribution in [0, 0.1) is 0 Å². The molecule has 0 unspecified atom stereocenters. The second kappa shape index (κ2) is 9.35. The predicted molar refractivity (Wildman–Crippen MR) is 98.6 cm³/mol. The van der Waals surface area contributed by atoms with Crippen LogP contribution >= 0.6 is 24.4 Å². The summed E-state index contributed by atoms with van der Waals surface area (Å²) >= 11 is 8.94. The number of rotatable bonds is 8. The lowest BCUT2D eigenvalue weighted by Gasteiger charge is -2.08. The number of thiocarbonyl (C=S) groups is 2. The molecule has 2 N–H and O–H groups in total. The summed E-state index contributed by atoms with van der Waals surface area (Å²) < 4.78 is 11.0. The highest BCUT2D eigenvalue weighted by Gasteiger charge is 2.00. The Labute approximate surface area is 144 Å². The lowest BCUT2D eigenvalue weighted by molar-refractivity contribution is 0.459. The normalized spacial score (nSPS) is 8.87. The third-order valence-electron chi connectivity index (χ3n) is 2.62. The van der Waals surface area contributed by atoms with E-state index in [1.807, 2.05) is 24.3 Å². The van der Waals surface area contributed by atoms with Gasteiger partial charge in [-0.05, 0) is 73.0 Å². The lowest BCUT2D eigenvalue weighted by Crippen LogP contribution is -2.10. The van der Waals surface area contributed by atoms with Crippen LogP contribution in [0.2, 0.25) is 0 Å². The molecular formula is C14H11BN4O2S2. The first kappa shape index (κ1) is 16.7. The molecule has 0 aliphatic rings. The maximum Gasteiger partial charge on any atom is 0.576 e. The number of benzene rings is 2. The fraction of sp³-hybridized carbons (Fsp3) is 0. The molecule has 0 heterocycles. The number of hydrazone groups is 2. The summed E-state index contributed by atoms with van der Waals surface area (Å²) in [6.45, 7) is 0. The molecule has 6 nitrogen and oxygen atoms in total. The minimum Gasteiger partial charge on any atom is -0.529 e. The average molecular weight is 342 g/mol. The zero-order valence-electron chi connectivity index (χ0n) is 11.9. The molecule has 23 heavy (non-hydrogen) atoms. The second-order valence-electron chi connectivity index (χ2n) is 4.09. The maximum atomic E-state index is 5.49. The highest BCUT2D eigenvalue weighted by atomic mass is 32.1. The van der Waals surface area contributed by atoms with Gasteiger partial charge in [0.1, 0.15) is 11.5 Å². The molecule has 2 aromatic carbocycles. The van der Waals surface area contributed by atoms with E-state index in [-0.39, 0.29) is 7.69 Å². The van der Waals surface area contributed by atoms with Crippen LogP contribution in [-0.2, 0) is 0 Å². The van der Waals surface area contributed by atoms with Crippen LogP contribution in [0.3, 0.4) is 0 Å². The number of hydrogen-bond acceptors (Lipinski definition) is 8. The molecular weight excluding hydrogens is 331 g/mol. The maximum absolute atomic E-state index is 5.49. The Morgan fingerprint density at radius 3 is 1.48 bits per heavy atom. The van der Waals surface area contributed by atoms with Crippen molar-refractivity contribution in [2.75, 3.05) is 10.9 Å². The van der Waals surface area contributed by atoms with Crippen molar-refractivity contribution in [1.29, 1.82) is 0 Å². The third kappa shape index (κ3) is 5.90. The van der Waals surface area contributed by atoms with E-state index in [9.17, 15) is 0 Å². The van der Waals surface area contributed by atoms with Crippen molar-refractivity contribution in [3.8, 4) is 11.5 Å². The summed E-state index contributed by atoms with van der Waals surface area (Å²) in [5.74, 6) is 1.35. The molecule has 114 valence electrons. The van der Waals surface area contributed by atoms with Gasteiger partial charge in [0.2, 0.25) is 0 Å².